The molecule has 0 bridgehead atoms. The van der Waals surface area contributed by atoms with Gasteiger partial charge in [0.25, 0.3) is 0 Å². The molecule has 0 aliphatic carbocycles. The van der Waals surface area contributed by atoms with Crippen LogP contribution in [0.15, 0.2) is 0 Å². The standard InChI is InChI=1S/C3H7NO2S.Zn/c4-2(1-7)3(5)6;/h2,7H,1,4H2,(H,5,6);/t2-;/m1./s1. The fourth-order valence-corrected chi connectivity index (χ4v) is 0.214. The second kappa shape index (κ2) is 5.54. The normalized spacial score (nSPS) is 11.8. The zero-order chi connectivity index (χ0) is 5.86. The topological polar surface area (TPSA) is 64.9 Å². The van der Waals surface area contributed by atoms with Crippen molar-refractivity contribution in [1.29, 1.82) is 0 Å². The van der Waals surface area contributed by atoms with Gasteiger partial charge in [-0.25, -0.2) is 4.79 Å². The van der Waals surface area contributed by atoms with Gasteiger partial charge in [-0.1, -0.05) is 0 Å². The molecule has 3 nitrogen and oxygen atoms in total. The van der Waals surface area contributed by atoms with Crippen molar-refractivity contribution in [2.45, 2.75) is 6.04 Å². The van der Waals surface area contributed by atoms with E-state index in [1.165, 1.54) is 0 Å². The largest absolute Gasteiger partial charge is 0.786 e. The smallest absolute Gasteiger partial charge is 0.360 e. The van der Waals surface area contributed by atoms with Crippen LogP contribution in [-0.2, 0) is 36.9 Å². The van der Waals surface area contributed by atoms with Crippen LogP contribution in [0.3, 0.4) is 0 Å². The molecule has 0 aromatic carbocycles. The fraction of sp³-hybridized carbons (Fsp3) is 0.667. The van der Waals surface area contributed by atoms with E-state index in [2.05, 4.69) is 18.4 Å². The minimum absolute atomic E-state index is 0. The van der Waals surface area contributed by atoms with Crippen molar-refractivity contribution >= 4 is 18.6 Å². The zero-order valence-corrected chi connectivity index (χ0v) is 8.25. The molecular formula is C3H7NO2SZn. The Morgan fingerprint density at radius 2 is 2.25 bits per heavy atom. The molecule has 0 saturated carbocycles. The van der Waals surface area contributed by atoms with Gasteiger partial charge in [-0.3, -0.25) is 0 Å². The van der Waals surface area contributed by atoms with Crippen LogP contribution in [0.25, 0.3) is 0 Å². The first-order chi connectivity index (χ1) is 3.18. The molecule has 0 spiro atoms. The van der Waals surface area contributed by atoms with Crippen molar-refractivity contribution in [1.82, 2.24) is 0 Å². The van der Waals surface area contributed by atoms with Gasteiger partial charge in [0, 0.05) is 19.5 Å². The van der Waals surface area contributed by atoms with Gasteiger partial charge in [0.05, 0.1) is 0 Å². The molecule has 0 aromatic rings. The maximum Gasteiger partial charge on any atom is 0.360 e. The molecule has 8 heavy (non-hydrogen) atoms. The Hall–Kier alpha value is 0.403. The molecule has 44 valence electrons. The summed E-state index contributed by atoms with van der Waals surface area (Å²) in [6.07, 6.45) is 0. The minimum Gasteiger partial charge on any atom is -0.786 e. The Kier molecular flexibility index (Phi) is 7.78. The fourth-order valence-electron chi connectivity index (χ4n) is 0.0713. The van der Waals surface area contributed by atoms with Crippen LogP contribution in [-0.4, -0.2) is 22.9 Å². The van der Waals surface area contributed by atoms with Crippen molar-refractivity contribution in [3.8, 4) is 0 Å². The van der Waals surface area contributed by atoms with Gasteiger partial charge in [-0.05, 0) is 0 Å². The van der Waals surface area contributed by atoms with E-state index in [4.69, 9.17) is 5.11 Å². The number of carboxylic acids is 1. The predicted octanol–water partition coefficient (Wildman–Crippen LogP) is -1.77. The monoisotopic (exact) mass is 185 g/mol. The van der Waals surface area contributed by atoms with E-state index in [9.17, 15) is 4.79 Å². The molecule has 0 aliphatic rings. The van der Waals surface area contributed by atoms with Gasteiger partial charge in [0.1, 0.15) is 0 Å². The van der Waals surface area contributed by atoms with E-state index in [-0.39, 0.29) is 25.2 Å². The van der Waals surface area contributed by atoms with Crippen LogP contribution >= 0.6 is 0 Å². The Balaban J connectivity index is 0. The van der Waals surface area contributed by atoms with Crippen molar-refractivity contribution in [3.05, 3.63) is 0 Å². The molecule has 0 rings (SSSR count). The number of quaternary nitrogens is 1. The summed E-state index contributed by atoms with van der Waals surface area (Å²) in [6, 6.07) is -0.616. The average molecular weight is 187 g/mol. The van der Waals surface area contributed by atoms with Gasteiger partial charge in [0.15, 0.2) is 6.04 Å². The summed E-state index contributed by atoms with van der Waals surface area (Å²) in [6.45, 7) is 0. The summed E-state index contributed by atoms with van der Waals surface area (Å²) >= 11 is 4.41. The molecule has 0 unspecified atom stereocenters. The van der Waals surface area contributed by atoms with Gasteiger partial charge in [-0.15, -0.1) is 5.75 Å². The Morgan fingerprint density at radius 1 is 1.88 bits per heavy atom. The van der Waals surface area contributed by atoms with Crippen molar-refractivity contribution in [3.63, 3.8) is 0 Å². The zero-order valence-electron chi connectivity index (χ0n) is 4.46. The average Bonchev–Trinajstić information content (AvgIpc) is 1.65. The molecule has 0 aromatic heterocycles. The number of hydrogen-bond acceptors (Lipinski definition) is 2. The van der Waals surface area contributed by atoms with Crippen LogP contribution in [0.2, 0.25) is 0 Å². The van der Waals surface area contributed by atoms with E-state index in [0.29, 0.717) is 0 Å². The van der Waals surface area contributed by atoms with Gasteiger partial charge >= 0.3 is 5.97 Å². The van der Waals surface area contributed by atoms with Crippen molar-refractivity contribution in [2.24, 2.45) is 0 Å². The SMILES string of the molecule is [NH3+][C@H](C[S-])C(=O)O.[Zn]. The van der Waals surface area contributed by atoms with E-state index >= 15 is 0 Å². The summed E-state index contributed by atoms with van der Waals surface area (Å²) < 4.78 is 0. The molecular weight excluding hydrogens is 179 g/mol. The third-order valence-electron chi connectivity index (χ3n) is 0.550. The Labute approximate surface area is 65.8 Å². The van der Waals surface area contributed by atoms with Crippen LogP contribution < -0.4 is 5.73 Å². The third kappa shape index (κ3) is 4.56. The molecule has 0 amide bonds. The Morgan fingerprint density at radius 3 is 2.25 bits per heavy atom. The van der Waals surface area contributed by atoms with Crippen LogP contribution in [0, 0.1) is 0 Å². The number of carbonyl (C=O) groups is 1. The van der Waals surface area contributed by atoms with Gasteiger partial charge in [-0.2, -0.15) is 0 Å². The quantitative estimate of drug-likeness (QED) is 0.396. The predicted molar refractivity (Wildman–Crippen MR) is 26.5 cm³/mol. The van der Waals surface area contributed by atoms with Gasteiger partial charge in [0.2, 0.25) is 0 Å². The summed E-state index contributed by atoms with van der Waals surface area (Å²) in [5, 5.41) is 8.05. The van der Waals surface area contributed by atoms with Crippen LogP contribution in [0.1, 0.15) is 0 Å². The number of rotatable bonds is 2. The molecule has 0 saturated heterocycles. The maximum atomic E-state index is 9.80. The first-order valence-corrected chi connectivity index (χ1v) is 2.40. The van der Waals surface area contributed by atoms with E-state index in [0.717, 1.165) is 0 Å². The maximum absolute atomic E-state index is 9.80. The molecule has 0 fully saturated rings. The van der Waals surface area contributed by atoms with E-state index in [1.807, 2.05) is 0 Å². The minimum atomic E-state index is -0.921. The number of hydrogen-bond donors (Lipinski definition) is 2. The van der Waals surface area contributed by atoms with Crippen LogP contribution in [0.4, 0.5) is 0 Å². The molecule has 0 aliphatic heterocycles. The summed E-state index contributed by atoms with van der Waals surface area (Å²) in [5.41, 5.74) is 3.25. The first-order valence-electron chi connectivity index (χ1n) is 1.82. The van der Waals surface area contributed by atoms with Crippen molar-refractivity contribution < 1.29 is 35.1 Å². The number of aliphatic carboxylic acids is 1. The van der Waals surface area contributed by atoms with Crippen LogP contribution in [0.5, 0.6) is 0 Å². The molecule has 1 atom stereocenters. The first kappa shape index (κ1) is 11.2. The summed E-state index contributed by atoms with van der Waals surface area (Å²) in [5.74, 6) is -0.731. The molecule has 0 radical (unpaired) electrons. The summed E-state index contributed by atoms with van der Waals surface area (Å²) in [7, 11) is 0. The molecule has 4 N–H and O–H groups in total. The number of carboxylic acid groups (broad SMARTS) is 1. The second-order valence-electron chi connectivity index (χ2n) is 1.20. The summed E-state index contributed by atoms with van der Waals surface area (Å²) in [4.78, 5) is 9.80. The van der Waals surface area contributed by atoms with E-state index in [1.54, 1.807) is 0 Å². The molecule has 5 heteroatoms. The second-order valence-corrected chi connectivity index (χ2v) is 1.54. The Bertz CT molecular complexity index is 79.7. The van der Waals surface area contributed by atoms with E-state index < -0.39 is 12.0 Å². The third-order valence-corrected chi connectivity index (χ3v) is 0.953. The molecule has 0 heterocycles. The van der Waals surface area contributed by atoms with Gasteiger partial charge < -0.3 is 23.5 Å². The van der Waals surface area contributed by atoms with Crippen molar-refractivity contribution in [2.75, 3.05) is 5.75 Å².